The third kappa shape index (κ3) is 3.23. The molecule has 0 unspecified atom stereocenters. The molecule has 2 aromatic rings. The second-order valence-electron chi connectivity index (χ2n) is 7.56. The summed E-state index contributed by atoms with van der Waals surface area (Å²) in [6.45, 7) is 0.211. The van der Waals surface area contributed by atoms with Crippen molar-refractivity contribution in [1.82, 2.24) is 14.5 Å². The van der Waals surface area contributed by atoms with Gasteiger partial charge in [-0.05, 0) is 48.2 Å². The number of amides is 3. The van der Waals surface area contributed by atoms with Crippen molar-refractivity contribution < 1.29 is 22.7 Å². The van der Waals surface area contributed by atoms with Crippen LogP contribution in [0.4, 0.5) is 4.79 Å². The van der Waals surface area contributed by atoms with Crippen LogP contribution in [0.25, 0.3) is 0 Å². The van der Waals surface area contributed by atoms with Crippen LogP contribution >= 0.6 is 0 Å². The lowest BCUT2D eigenvalue weighted by Crippen LogP contribution is -2.42. The molecule has 3 amide bonds. The van der Waals surface area contributed by atoms with Crippen molar-refractivity contribution in [2.45, 2.75) is 23.3 Å². The number of carbonyl (C=O) groups excluding carboxylic acids is 2. The van der Waals surface area contributed by atoms with E-state index in [-0.39, 0.29) is 24.0 Å². The number of aryl methyl sites for hydroxylation is 1. The molecule has 4 rings (SSSR count). The van der Waals surface area contributed by atoms with E-state index in [4.69, 9.17) is 4.74 Å². The van der Waals surface area contributed by atoms with Crippen LogP contribution in [0.3, 0.4) is 0 Å². The van der Waals surface area contributed by atoms with Crippen LogP contribution in [-0.4, -0.2) is 56.8 Å². The minimum Gasteiger partial charge on any atom is -0.492 e. The van der Waals surface area contributed by atoms with E-state index in [1.165, 1.54) is 31.1 Å². The van der Waals surface area contributed by atoms with Crippen molar-refractivity contribution in [1.29, 1.82) is 0 Å². The molecule has 0 radical (unpaired) electrons. The van der Waals surface area contributed by atoms with E-state index >= 15 is 0 Å². The van der Waals surface area contributed by atoms with E-state index < -0.39 is 21.6 Å². The first-order chi connectivity index (χ1) is 14.3. The van der Waals surface area contributed by atoms with Gasteiger partial charge in [-0.2, -0.15) is 0 Å². The van der Waals surface area contributed by atoms with Gasteiger partial charge in [0.25, 0.3) is 5.91 Å². The number of hydrogen-bond donors (Lipinski definition) is 1. The normalized spacial score (nSPS) is 20.7. The van der Waals surface area contributed by atoms with Gasteiger partial charge in [0, 0.05) is 14.1 Å². The monoisotopic (exact) mass is 429 g/mol. The number of rotatable bonds is 6. The molecule has 1 aliphatic heterocycles. The van der Waals surface area contributed by atoms with E-state index in [1.54, 1.807) is 12.1 Å². The number of imide groups is 1. The molecule has 0 bridgehead atoms. The number of carbonyl (C=O) groups is 2. The fraction of sp³-hybridized carbons (Fsp3) is 0.333. The van der Waals surface area contributed by atoms with Crippen molar-refractivity contribution >= 4 is 22.0 Å². The summed E-state index contributed by atoms with van der Waals surface area (Å²) in [6, 6.07) is 13.3. The Hall–Kier alpha value is -2.91. The van der Waals surface area contributed by atoms with Crippen molar-refractivity contribution in [2.75, 3.05) is 27.2 Å². The molecule has 0 saturated carbocycles. The van der Waals surface area contributed by atoms with Crippen LogP contribution in [0.1, 0.15) is 17.5 Å². The molecule has 158 valence electrons. The zero-order valence-electron chi connectivity index (χ0n) is 16.8. The fourth-order valence-electron chi connectivity index (χ4n) is 3.97. The highest BCUT2D eigenvalue weighted by atomic mass is 32.2. The van der Waals surface area contributed by atoms with Gasteiger partial charge < -0.3 is 10.1 Å². The summed E-state index contributed by atoms with van der Waals surface area (Å²) in [5, 5.41) is 2.88. The second kappa shape index (κ2) is 7.41. The van der Waals surface area contributed by atoms with Gasteiger partial charge in [0.15, 0.2) is 0 Å². The lowest BCUT2D eigenvalue weighted by molar-refractivity contribution is -0.131. The molecule has 1 spiro atoms. The summed E-state index contributed by atoms with van der Waals surface area (Å²) in [6.07, 6.45) is 1.30. The van der Waals surface area contributed by atoms with Gasteiger partial charge >= 0.3 is 6.03 Å². The summed E-state index contributed by atoms with van der Waals surface area (Å²) in [4.78, 5) is 26.9. The predicted octanol–water partition coefficient (Wildman–Crippen LogP) is 1.71. The first-order valence-corrected chi connectivity index (χ1v) is 11.1. The maximum Gasteiger partial charge on any atom is 0.325 e. The number of nitrogens with zero attached hydrogens (tertiary/aromatic N) is 2. The Kier molecular flexibility index (Phi) is 5.03. The lowest BCUT2D eigenvalue weighted by Gasteiger charge is -2.22. The highest BCUT2D eigenvalue weighted by molar-refractivity contribution is 7.89. The predicted molar refractivity (Wildman–Crippen MR) is 109 cm³/mol. The molecule has 2 aliphatic rings. The molecule has 8 nitrogen and oxygen atoms in total. The number of fused-ring (bicyclic) bond motifs is 2. The molecule has 30 heavy (non-hydrogen) atoms. The third-order valence-corrected chi connectivity index (χ3v) is 7.44. The van der Waals surface area contributed by atoms with Crippen molar-refractivity contribution in [3.05, 3.63) is 59.7 Å². The molecule has 1 saturated heterocycles. The van der Waals surface area contributed by atoms with E-state index in [0.717, 1.165) is 21.9 Å². The smallest absolute Gasteiger partial charge is 0.325 e. The summed E-state index contributed by atoms with van der Waals surface area (Å²) in [7, 11) is -0.576. The minimum absolute atomic E-state index is 0.104. The van der Waals surface area contributed by atoms with Crippen LogP contribution in [-0.2, 0) is 26.8 Å². The number of hydrogen-bond acceptors (Lipinski definition) is 5. The Balaban J connectivity index is 1.41. The highest BCUT2D eigenvalue weighted by Crippen LogP contribution is 2.41. The Morgan fingerprint density at radius 3 is 2.50 bits per heavy atom. The van der Waals surface area contributed by atoms with Crippen LogP contribution in [0.5, 0.6) is 5.75 Å². The molecule has 1 atom stereocenters. The highest BCUT2D eigenvalue weighted by Gasteiger charge is 2.55. The van der Waals surface area contributed by atoms with Gasteiger partial charge in [0.2, 0.25) is 10.0 Å². The molecule has 2 aromatic carbocycles. The van der Waals surface area contributed by atoms with Gasteiger partial charge in [-0.25, -0.2) is 17.5 Å². The SMILES string of the molecule is CN(C)S(=O)(=O)c1ccc(OCCN2C(=O)N[C@@]3(CCc4ccccc43)C2=O)cc1. The van der Waals surface area contributed by atoms with Crippen molar-refractivity contribution in [3.8, 4) is 5.75 Å². The Morgan fingerprint density at radius 1 is 1.10 bits per heavy atom. The van der Waals surface area contributed by atoms with Gasteiger partial charge in [0.1, 0.15) is 17.9 Å². The van der Waals surface area contributed by atoms with Gasteiger partial charge in [-0.1, -0.05) is 24.3 Å². The number of nitrogens with one attached hydrogen (secondary N) is 1. The minimum atomic E-state index is -3.51. The number of ether oxygens (including phenoxy) is 1. The number of urea groups is 1. The van der Waals surface area contributed by atoms with Crippen LogP contribution in [0.2, 0.25) is 0 Å². The Labute approximate surface area is 175 Å². The Morgan fingerprint density at radius 2 is 1.80 bits per heavy atom. The van der Waals surface area contributed by atoms with E-state index in [0.29, 0.717) is 12.2 Å². The van der Waals surface area contributed by atoms with Gasteiger partial charge in [-0.15, -0.1) is 0 Å². The molecule has 1 fully saturated rings. The molecule has 0 aromatic heterocycles. The number of sulfonamides is 1. The first kappa shape index (κ1) is 20.4. The standard InChI is InChI=1S/C21H23N3O5S/c1-23(2)30(27,28)17-9-7-16(8-10-17)29-14-13-24-19(25)21(22-20(24)26)12-11-15-5-3-4-6-18(15)21/h3-10H,11-14H2,1-2H3,(H,22,26)/t21-/m1/s1. The summed E-state index contributed by atoms with van der Waals surface area (Å²) in [5.41, 5.74) is 0.969. The zero-order chi connectivity index (χ0) is 21.5. The average molecular weight is 429 g/mol. The van der Waals surface area contributed by atoms with Crippen molar-refractivity contribution in [3.63, 3.8) is 0 Å². The third-order valence-electron chi connectivity index (χ3n) is 5.61. The molecular weight excluding hydrogens is 406 g/mol. The topological polar surface area (TPSA) is 96.0 Å². The fourth-order valence-corrected chi connectivity index (χ4v) is 4.87. The molecule has 1 N–H and O–H groups in total. The number of benzene rings is 2. The molecule has 9 heteroatoms. The van der Waals surface area contributed by atoms with E-state index in [9.17, 15) is 18.0 Å². The van der Waals surface area contributed by atoms with Gasteiger partial charge in [0.05, 0.1) is 11.4 Å². The van der Waals surface area contributed by atoms with Gasteiger partial charge in [-0.3, -0.25) is 9.69 Å². The largest absolute Gasteiger partial charge is 0.492 e. The molecule has 1 aliphatic carbocycles. The second-order valence-corrected chi connectivity index (χ2v) is 9.71. The quantitative estimate of drug-likeness (QED) is 0.706. The van der Waals surface area contributed by atoms with Crippen LogP contribution in [0, 0.1) is 0 Å². The maximum absolute atomic E-state index is 13.1. The molecule has 1 heterocycles. The van der Waals surface area contributed by atoms with Crippen LogP contribution < -0.4 is 10.1 Å². The summed E-state index contributed by atoms with van der Waals surface area (Å²) in [5.74, 6) is 0.203. The lowest BCUT2D eigenvalue weighted by atomic mass is 9.92. The van der Waals surface area contributed by atoms with E-state index in [2.05, 4.69) is 5.32 Å². The van der Waals surface area contributed by atoms with Crippen LogP contribution in [0.15, 0.2) is 53.4 Å². The van der Waals surface area contributed by atoms with Crippen molar-refractivity contribution in [2.24, 2.45) is 0 Å². The average Bonchev–Trinajstić information content (AvgIpc) is 3.21. The van der Waals surface area contributed by atoms with E-state index in [1.807, 2.05) is 24.3 Å². The first-order valence-electron chi connectivity index (χ1n) is 9.63. The zero-order valence-corrected chi connectivity index (χ0v) is 17.6. The Bertz CT molecular complexity index is 1100. The molecular formula is C21H23N3O5S. The maximum atomic E-state index is 13.1. The summed E-state index contributed by atoms with van der Waals surface area (Å²) >= 11 is 0. The summed E-state index contributed by atoms with van der Waals surface area (Å²) < 4.78 is 31.0.